The molecular weight excluding hydrogens is 524 g/mol. The van der Waals surface area contributed by atoms with Gasteiger partial charge in [-0.15, -0.1) is 0 Å². The highest BCUT2D eigenvalue weighted by molar-refractivity contribution is 5.96. The first-order valence-electron chi connectivity index (χ1n) is 14.2. The molecule has 0 N–H and O–H groups in total. The number of aryl methyl sites for hydroxylation is 1. The zero-order chi connectivity index (χ0) is 30.1. The normalized spacial score (nSPS) is 14.8. The predicted molar refractivity (Wildman–Crippen MR) is 166 cm³/mol. The third-order valence-electron chi connectivity index (χ3n) is 6.61. The second-order valence-electron chi connectivity index (χ2n) is 9.01. The zero-order valence-electron chi connectivity index (χ0n) is 24.9. The fourth-order valence-electron chi connectivity index (χ4n) is 4.83. The van der Waals surface area contributed by atoms with Gasteiger partial charge in [0.15, 0.2) is 11.4 Å². The maximum absolute atomic E-state index is 13.0. The molecule has 2 heterocycles. The van der Waals surface area contributed by atoms with E-state index >= 15 is 0 Å². The van der Waals surface area contributed by atoms with E-state index in [9.17, 15) is 4.79 Å². The average molecular weight is 561 g/mol. The van der Waals surface area contributed by atoms with Crippen molar-refractivity contribution in [2.75, 3.05) is 7.11 Å². The van der Waals surface area contributed by atoms with Crippen LogP contribution in [0, 0.1) is 6.92 Å². The van der Waals surface area contributed by atoms with Crippen molar-refractivity contribution in [2.24, 2.45) is 0 Å². The lowest BCUT2D eigenvalue weighted by molar-refractivity contribution is 0.0251. The summed E-state index contributed by atoms with van der Waals surface area (Å²) in [4.78, 5) is 22.1. The van der Waals surface area contributed by atoms with E-state index in [1.165, 1.54) is 0 Å². The molecule has 6 rings (SSSR count). The molecule has 1 aliphatic heterocycles. The van der Waals surface area contributed by atoms with Crippen LogP contribution in [0.15, 0.2) is 109 Å². The van der Waals surface area contributed by atoms with Crippen molar-refractivity contribution in [1.82, 2.24) is 9.97 Å². The summed E-state index contributed by atoms with van der Waals surface area (Å²) in [7, 11) is 1.62. The monoisotopic (exact) mass is 560 g/mol. The Morgan fingerprint density at radius 1 is 0.690 bits per heavy atom. The van der Waals surface area contributed by atoms with Gasteiger partial charge < -0.3 is 14.2 Å². The van der Waals surface area contributed by atoms with Crippen LogP contribution in [0.25, 0.3) is 11.4 Å². The molecule has 0 bridgehead atoms. The van der Waals surface area contributed by atoms with Crippen molar-refractivity contribution in [3.05, 3.63) is 137 Å². The highest BCUT2D eigenvalue weighted by Gasteiger charge is 2.48. The van der Waals surface area contributed by atoms with Gasteiger partial charge in [0.1, 0.15) is 11.5 Å². The van der Waals surface area contributed by atoms with Gasteiger partial charge in [-0.3, -0.25) is 0 Å². The molecule has 0 saturated carbocycles. The number of hydrogen-bond acceptors (Lipinski definition) is 6. The number of aromatic nitrogens is 2. The summed E-state index contributed by atoms with van der Waals surface area (Å²) in [5, 5.41) is 0. The van der Waals surface area contributed by atoms with Crippen LogP contribution >= 0.6 is 0 Å². The van der Waals surface area contributed by atoms with E-state index in [1.54, 1.807) is 19.2 Å². The van der Waals surface area contributed by atoms with Crippen LogP contribution in [0.5, 0.6) is 17.4 Å². The minimum Gasteiger partial charge on any atom is -0.497 e. The topological polar surface area (TPSA) is 70.5 Å². The number of carbonyl (C=O) groups is 1. The standard InChI is InChI=1S/C32H24N2O4.2C2H6/c1-21-20-29(34-30(33-21)22-8-4-3-5-9-22)37-26-18-14-24(15-19-26)32(23-12-16-25(36-2)17-13-23)28-11-7-6-10-27(28)31(35)38-32;2*1-2/h3-20H,1-2H3;2*1-2H3. The molecule has 0 aliphatic carbocycles. The number of cyclic esters (lactones) is 1. The van der Waals surface area contributed by atoms with Crippen molar-refractivity contribution < 1.29 is 19.0 Å². The summed E-state index contributed by atoms with van der Waals surface area (Å²) in [6.07, 6.45) is 0. The van der Waals surface area contributed by atoms with Crippen LogP contribution in [-0.2, 0) is 10.3 Å². The Morgan fingerprint density at radius 2 is 1.26 bits per heavy atom. The van der Waals surface area contributed by atoms with Gasteiger partial charge in [-0.25, -0.2) is 9.78 Å². The van der Waals surface area contributed by atoms with Crippen LogP contribution < -0.4 is 9.47 Å². The molecule has 0 amide bonds. The highest BCUT2D eigenvalue weighted by atomic mass is 16.6. The van der Waals surface area contributed by atoms with Gasteiger partial charge in [-0.05, 0) is 37.3 Å². The summed E-state index contributed by atoms with van der Waals surface area (Å²) in [5.41, 5.74) is 3.60. The number of methoxy groups -OCH3 is 1. The van der Waals surface area contributed by atoms with Gasteiger partial charge >= 0.3 is 5.97 Å². The molecular formula is C36H36N2O4. The maximum Gasteiger partial charge on any atom is 0.340 e. The SMILES string of the molecule is CC.CC.COc1ccc(C2(c3ccc(Oc4cc(C)nc(-c5ccccc5)n4)cc3)OC(=O)c3ccccc32)cc1. The number of nitrogens with zero attached hydrogens (tertiary/aromatic N) is 2. The van der Waals surface area contributed by atoms with Crippen molar-refractivity contribution in [3.63, 3.8) is 0 Å². The van der Waals surface area contributed by atoms with Crippen LogP contribution in [0.1, 0.15) is 60.4 Å². The lowest BCUT2D eigenvalue weighted by Gasteiger charge is -2.30. The first-order valence-corrected chi connectivity index (χ1v) is 14.2. The zero-order valence-corrected chi connectivity index (χ0v) is 24.9. The number of fused-ring (bicyclic) bond motifs is 1. The number of carbonyl (C=O) groups excluding carboxylic acids is 1. The van der Waals surface area contributed by atoms with E-state index in [1.807, 2.05) is 132 Å². The van der Waals surface area contributed by atoms with Gasteiger partial charge in [0, 0.05) is 34.0 Å². The van der Waals surface area contributed by atoms with E-state index in [0.29, 0.717) is 23.0 Å². The molecule has 0 radical (unpaired) electrons. The summed E-state index contributed by atoms with van der Waals surface area (Å²) in [6, 6.07) is 34.2. The molecule has 214 valence electrons. The van der Waals surface area contributed by atoms with E-state index < -0.39 is 5.60 Å². The third kappa shape index (κ3) is 5.88. The predicted octanol–water partition coefficient (Wildman–Crippen LogP) is 8.77. The Labute approximate surface area is 248 Å². The van der Waals surface area contributed by atoms with Crippen LogP contribution in [0.4, 0.5) is 0 Å². The molecule has 6 nitrogen and oxygen atoms in total. The molecule has 0 fully saturated rings. The Kier molecular flexibility index (Phi) is 9.71. The molecule has 0 spiro atoms. The summed E-state index contributed by atoms with van der Waals surface area (Å²) < 4.78 is 17.6. The first kappa shape index (κ1) is 30.0. The number of hydrogen-bond donors (Lipinski definition) is 0. The van der Waals surface area contributed by atoms with Gasteiger partial charge in [0.05, 0.1) is 12.7 Å². The highest BCUT2D eigenvalue weighted by Crippen LogP contribution is 2.47. The summed E-state index contributed by atoms with van der Waals surface area (Å²) >= 11 is 0. The fraction of sp³-hybridized carbons (Fsp3) is 0.194. The Bertz CT molecular complexity index is 1620. The third-order valence-corrected chi connectivity index (χ3v) is 6.61. The van der Waals surface area contributed by atoms with Crippen molar-refractivity contribution in [2.45, 2.75) is 40.2 Å². The number of esters is 1. The molecule has 42 heavy (non-hydrogen) atoms. The van der Waals surface area contributed by atoms with Crippen LogP contribution in [0.2, 0.25) is 0 Å². The Balaban J connectivity index is 0.000000972. The largest absolute Gasteiger partial charge is 0.497 e. The lowest BCUT2D eigenvalue weighted by atomic mass is 9.80. The molecule has 5 aromatic rings. The molecule has 1 aliphatic rings. The minimum absolute atomic E-state index is 0.360. The van der Waals surface area contributed by atoms with Gasteiger partial charge in [0.2, 0.25) is 5.88 Å². The van der Waals surface area contributed by atoms with Crippen molar-refractivity contribution in [3.8, 4) is 28.8 Å². The van der Waals surface area contributed by atoms with Crippen LogP contribution in [0.3, 0.4) is 0 Å². The average Bonchev–Trinajstić information content (AvgIpc) is 3.36. The molecule has 1 unspecified atom stereocenters. The molecule has 1 atom stereocenters. The molecule has 6 heteroatoms. The first-order chi connectivity index (χ1) is 20.6. The second kappa shape index (κ2) is 13.6. The van der Waals surface area contributed by atoms with E-state index in [4.69, 9.17) is 14.2 Å². The minimum atomic E-state index is -1.09. The van der Waals surface area contributed by atoms with Crippen molar-refractivity contribution >= 4 is 5.97 Å². The van der Waals surface area contributed by atoms with E-state index in [-0.39, 0.29) is 5.97 Å². The van der Waals surface area contributed by atoms with Crippen LogP contribution in [-0.4, -0.2) is 23.0 Å². The van der Waals surface area contributed by atoms with Gasteiger partial charge in [-0.1, -0.05) is 100 Å². The Hall–Kier alpha value is -4.97. The summed E-state index contributed by atoms with van der Waals surface area (Å²) in [5.74, 6) is 2.02. The lowest BCUT2D eigenvalue weighted by Crippen LogP contribution is -2.29. The fourth-order valence-corrected chi connectivity index (χ4v) is 4.83. The molecule has 1 aromatic heterocycles. The number of rotatable bonds is 6. The molecule has 4 aromatic carbocycles. The van der Waals surface area contributed by atoms with Gasteiger partial charge in [-0.2, -0.15) is 4.98 Å². The smallest absolute Gasteiger partial charge is 0.340 e. The quantitative estimate of drug-likeness (QED) is 0.193. The second-order valence-corrected chi connectivity index (χ2v) is 9.01. The van der Waals surface area contributed by atoms with E-state index in [0.717, 1.165) is 33.7 Å². The summed E-state index contributed by atoms with van der Waals surface area (Å²) in [6.45, 7) is 9.91. The molecule has 0 saturated heterocycles. The number of ether oxygens (including phenoxy) is 3. The van der Waals surface area contributed by atoms with Gasteiger partial charge in [0.25, 0.3) is 0 Å². The Morgan fingerprint density at radius 3 is 1.88 bits per heavy atom. The number of benzene rings is 4. The van der Waals surface area contributed by atoms with E-state index in [2.05, 4.69) is 9.97 Å². The maximum atomic E-state index is 13.0. The van der Waals surface area contributed by atoms with Crippen molar-refractivity contribution in [1.29, 1.82) is 0 Å².